The van der Waals surface area contributed by atoms with Gasteiger partial charge in [-0.3, -0.25) is 24.1 Å². The van der Waals surface area contributed by atoms with Crippen molar-refractivity contribution in [2.24, 2.45) is 13.0 Å². The van der Waals surface area contributed by atoms with E-state index < -0.39 is 51.9 Å². The molecule has 2 atom stereocenters. The fourth-order valence-corrected chi connectivity index (χ4v) is 22.5. The summed E-state index contributed by atoms with van der Waals surface area (Å²) in [7, 11) is 3.97. The van der Waals surface area contributed by atoms with Gasteiger partial charge in [0.25, 0.3) is 11.8 Å². The maximum atomic E-state index is 13.3. The summed E-state index contributed by atoms with van der Waals surface area (Å²) < 4.78 is 171. The lowest BCUT2D eigenvalue weighted by Crippen LogP contribution is -2.40. The molecular formula is C112H130ClF8N11O15S3. The van der Waals surface area contributed by atoms with Crippen LogP contribution in [0.5, 0.6) is 29.0 Å². The number of phenols is 1. The zero-order chi connectivity index (χ0) is 109. The number of piperidine rings is 1. The molecule has 0 spiro atoms. The number of allylic oxidation sites excluding steroid dienone is 1. The number of amides is 2. The number of benzene rings is 5. The van der Waals surface area contributed by atoms with E-state index in [0.717, 1.165) is 136 Å². The second-order valence-corrected chi connectivity index (χ2v) is 43.1. The van der Waals surface area contributed by atoms with Gasteiger partial charge in [-0.05, 0) is 281 Å². The van der Waals surface area contributed by atoms with Crippen molar-refractivity contribution in [3.05, 3.63) is 292 Å². The second-order valence-electron chi connectivity index (χ2n) is 38.4. The molecule has 3 fully saturated rings. The Morgan fingerprint density at radius 2 is 1.46 bits per heavy atom. The summed E-state index contributed by atoms with van der Waals surface area (Å²) in [4.78, 5) is 65.9. The zero-order valence-electron chi connectivity index (χ0n) is 87.0. The monoisotopic (exact) mass is 2150 g/mol. The number of nitriles is 1. The number of pyridine rings is 2. The van der Waals surface area contributed by atoms with Gasteiger partial charge in [0.05, 0.1) is 74.0 Å². The molecule has 3 N–H and O–H groups in total. The van der Waals surface area contributed by atoms with Crippen molar-refractivity contribution in [3.8, 4) is 35.1 Å². The van der Waals surface area contributed by atoms with E-state index in [1.165, 1.54) is 103 Å². The number of thioether (sulfide) groups is 1. The normalized spacial score (nSPS) is 15.3. The summed E-state index contributed by atoms with van der Waals surface area (Å²) in [6.45, 7) is 28.7. The molecule has 5 aromatic carbocycles. The highest BCUT2D eigenvalue weighted by atomic mass is 35.5. The van der Waals surface area contributed by atoms with Crippen LogP contribution in [0.25, 0.3) is 11.0 Å². The second kappa shape index (κ2) is 53.1. The van der Waals surface area contributed by atoms with Crippen LogP contribution in [0.1, 0.15) is 253 Å². The Bertz CT molecular complexity index is 6780. The molecule has 5 aliphatic rings. The maximum Gasteiger partial charge on any atom is 0.435 e. The number of halogens is 9. The first-order chi connectivity index (χ1) is 71.3. The van der Waals surface area contributed by atoms with Gasteiger partial charge in [-0.2, -0.15) is 45.5 Å². The van der Waals surface area contributed by atoms with Crippen molar-refractivity contribution in [3.63, 3.8) is 0 Å². The smallest absolute Gasteiger partial charge is 0.435 e. The number of ketones is 1. The number of carbonyl (C=O) groups is 4. The van der Waals surface area contributed by atoms with Gasteiger partial charge in [-0.1, -0.05) is 112 Å². The number of likely N-dealkylation sites (tertiary alicyclic amines) is 1. The van der Waals surface area contributed by atoms with Crippen LogP contribution in [-0.4, -0.2) is 160 Å². The van der Waals surface area contributed by atoms with Gasteiger partial charge in [-0.15, -0.1) is 17.9 Å². The number of methoxy groups -OCH3 is 1. The molecule has 2 aliphatic carbocycles. The zero-order valence-corrected chi connectivity index (χ0v) is 90.2. The minimum Gasteiger partial charge on any atom is -0.507 e. The van der Waals surface area contributed by atoms with E-state index in [1.54, 1.807) is 84.2 Å². The number of hydrogen-bond acceptors (Lipinski definition) is 24. The number of aryl methyl sites for hydroxylation is 8. The quantitative estimate of drug-likeness (QED) is 0.00940. The summed E-state index contributed by atoms with van der Waals surface area (Å²) in [5, 5.41) is 31.6. The molecule has 3 aliphatic heterocycles. The van der Waals surface area contributed by atoms with Crippen LogP contribution in [-0.2, 0) is 107 Å². The van der Waals surface area contributed by atoms with Crippen molar-refractivity contribution in [2.45, 2.75) is 234 Å². The molecule has 2 unspecified atom stereocenters. The first kappa shape index (κ1) is 116. The number of anilines is 1. The third kappa shape index (κ3) is 31.7. The summed E-state index contributed by atoms with van der Waals surface area (Å²) >= 11 is 8.50. The Hall–Kier alpha value is -12.3. The standard InChI is InChI=1S/C21H33NO3.C20H23F2NO.C20H21NO5S.C19H18F3N3OS.C19H24N2O2S.C13H11ClF3N3O3/c1-6-25-21(24)17-7-9-22(10-8-17)13-16-11-18(14(2)3)20(23)19(12-16)15(4)5;1-14(17-9-8-16-4-2-3-5-18(16)12-17)23-13-15-6-10-19(11-7-15)24-20(21)22;1-13-5-6-17-14(2)19(26-18(17)10-13)20(22)21(11-16-4-3-8-25-16)15-7-9-27(23,24)12-15;1-5-6-25-12(3)8-14(13(25)4)17(26)10-27-18-15(9-23)16(19(20,21)22)7-11(2)24-18;1-21(2)12-16-15-6-4-5-7-17(15)24-19(16)20-18(22)13-8-10-14(23-3)11-9-13;1-20-11(6-8(19-20)13(15,16)17)23-10-5-7(4-9(14)18-10)12-21-2-3-22-12/h11-12,14-15,17,23H,6-10,13H2,1-5H3;6-12,14,20,23H,2-5,13H2,1H3;3-6,8,10,15H,7,9,11-12H2,1-2H3;5,7-8H,1,6,10H2,2-4H3;8-11H,4-7,12H2,1-3H3,(H,20,22);4-6,12H,2-3H2,1H3. The largest absolute Gasteiger partial charge is 0.507 e. The highest BCUT2D eigenvalue weighted by molar-refractivity contribution is 8.00. The molecule has 150 heavy (non-hydrogen) atoms. The van der Waals surface area contributed by atoms with Gasteiger partial charge in [0.1, 0.15) is 49.8 Å². The molecular weight excluding hydrogens is 2020 g/mol. The number of aromatic hydroxyl groups is 1. The number of Topliss-reactive ketones (excluding diaryl/α,β-unsaturated/α-hetero) is 1. The summed E-state index contributed by atoms with van der Waals surface area (Å²) in [5.74, 6) is 2.12. The molecule has 804 valence electrons. The Morgan fingerprint density at radius 3 is 2.07 bits per heavy atom. The number of carbonyl (C=O) groups excluding carboxylic acids is 4. The van der Waals surface area contributed by atoms with E-state index in [0.29, 0.717) is 84.9 Å². The van der Waals surface area contributed by atoms with Crippen LogP contribution in [0.3, 0.4) is 0 Å². The van der Waals surface area contributed by atoms with Crippen molar-refractivity contribution in [2.75, 3.05) is 76.7 Å². The predicted molar refractivity (Wildman–Crippen MR) is 563 cm³/mol. The fraction of sp³-hybridized carbons (Fsp3) is 0.429. The van der Waals surface area contributed by atoms with Gasteiger partial charge in [0, 0.05) is 113 Å². The van der Waals surface area contributed by atoms with Crippen LogP contribution >= 0.6 is 34.7 Å². The number of alkyl halides is 8. The van der Waals surface area contributed by atoms with Crippen molar-refractivity contribution < 1.29 is 105 Å². The minimum absolute atomic E-state index is 0.0170. The number of ether oxygens (including phenoxy) is 6. The lowest BCUT2D eigenvalue weighted by Gasteiger charge is -2.31. The molecule has 7 aromatic heterocycles. The Labute approximate surface area is 883 Å². The van der Waals surface area contributed by atoms with Crippen LogP contribution < -0.4 is 24.8 Å². The predicted octanol–water partition coefficient (Wildman–Crippen LogP) is 25.0. The third-order valence-corrected chi connectivity index (χ3v) is 30.4. The van der Waals surface area contributed by atoms with E-state index >= 15 is 0 Å². The summed E-state index contributed by atoms with van der Waals surface area (Å²) in [5.41, 5.74) is 14.7. The topological polar surface area (TPSA) is 310 Å². The van der Waals surface area contributed by atoms with Crippen LogP contribution in [0, 0.1) is 51.9 Å². The number of furan rings is 2. The minimum atomic E-state index is -4.66. The number of hydrogen-bond donors (Lipinski definition) is 3. The molecule has 3 saturated heterocycles. The number of phenolic OH excluding ortho intramolecular Hbond substituents is 1. The summed E-state index contributed by atoms with van der Waals surface area (Å²) in [6, 6.07) is 42.2. The molecule has 0 radical (unpaired) electrons. The number of rotatable bonds is 30. The van der Waals surface area contributed by atoms with Crippen LogP contribution in [0.4, 0.5) is 40.1 Å². The van der Waals surface area contributed by atoms with Gasteiger partial charge in [0.15, 0.2) is 33.4 Å². The van der Waals surface area contributed by atoms with E-state index in [1.807, 2.05) is 81.7 Å². The molecule has 17 rings (SSSR count). The molecule has 0 saturated carbocycles. The SMILES string of the molecule is C=CCn1c(C)cc(C(=O)CSc2nc(C)cc(C(F)(F)F)c2C#N)c1C.CC(NCc1ccc(OC(F)F)cc1)c1ccc2c(c1)CCCC2.CCOC(=O)C1CCN(Cc2cc(C(C)C)c(O)c(C(C)C)c2)CC1.COc1ccc(C(=O)Nc2sc3c(c2CN(C)C)CCCC3)cc1.Cc1ccc2c(C)c(C(=O)N(Cc3ccco3)C3CCS(=O)(=O)C3)oc2c1.Cn1nc(C(F)(F)F)cc1Oc1cc(C2OCCO2)cc(Cl)n1. The Balaban J connectivity index is 0.000000160. The van der Waals surface area contributed by atoms with Crippen molar-refractivity contribution >= 4 is 84.1 Å². The first-order valence-electron chi connectivity index (χ1n) is 49.8. The van der Waals surface area contributed by atoms with E-state index in [2.05, 4.69) is 126 Å². The van der Waals surface area contributed by atoms with E-state index in [9.17, 15) is 73.1 Å². The van der Waals surface area contributed by atoms with Crippen LogP contribution in [0.2, 0.25) is 5.15 Å². The number of sulfone groups is 1. The number of nitrogens with zero attached hydrogens (tertiary/aromatic N) is 9. The number of esters is 1. The molecule has 12 aromatic rings. The average molecular weight is 2150 g/mol. The van der Waals surface area contributed by atoms with E-state index in [-0.39, 0.29) is 105 Å². The Morgan fingerprint density at radius 1 is 0.787 bits per heavy atom. The number of nitrogens with one attached hydrogen (secondary N) is 2. The number of thiophene rings is 1. The number of aromatic nitrogens is 5. The first-order valence-corrected chi connectivity index (χ1v) is 53.8. The van der Waals surface area contributed by atoms with Crippen molar-refractivity contribution in [1.29, 1.82) is 5.26 Å². The molecule has 38 heteroatoms. The third-order valence-electron chi connectivity index (χ3n) is 26.2. The van der Waals surface area contributed by atoms with Gasteiger partial charge in [0.2, 0.25) is 11.8 Å². The van der Waals surface area contributed by atoms with Gasteiger partial charge in [-0.25, -0.2) is 23.1 Å². The molecule has 26 nitrogen and oxygen atoms in total. The highest BCUT2D eigenvalue weighted by Gasteiger charge is 2.40. The molecule has 10 heterocycles. The van der Waals surface area contributed by atoms with Gasteiger partial charge >= 0.3 is 24.9 Å². The van der Waals surface area contributed by atoms with Gasteiger partial charge < -0.3 is 67.4 Å². The summed E-state index contributed by atoms with van der Waals surface area (Å²) in [6.07, 6.45) is 5.33. The lowest BCUT2D eigenvalue weighted by atomic mass is 9.89. The number of fused-ring (bicyclic) bond motifs is 3. The van der Waals surface area contributed by atoms with Crippen LogP contribution in [0.15, 0.2) is 172 Å². The van der Waals surface area contributed by atoms with E-state index in [4.69, 9.17) is 44.1 Å². The maximum absolute atomic E-state index is 13.3. The Kier molecular flexibility index (Phi) is 41.3. The molecule has 2 amide bonds. The van der Waals surface area contributed by atoms with Crippen molar-refractivity contribution in [1.82, 2.24) is 44.3 Å². The average Bonchev–Trinajstić information content (AvgIpc) is 1.62. The molecule has 0 bridgehead atoms. The highest BCUT2D eigenvalue weighted by Crippen LogP contribution is 2.43. The lowest BCUT2D eigenvalue weighted by molar-refractivity contribution is -0.149. The fourth-order valence-electron chi connectivity index (χ4n) is 18.3.